The molecular weight excluding hydrogens is 438 g/mol. The summed E-state index contributed by atoms with van der Waals surface area (Å²) in [5, 5.41) is 0. The van der Waals surface area contributed by atoms with E-state index in [-0.39, 0.29) is 10.7 Å². The van der Waals surface area contributed by atoms with Gasteiger partial charge in [0.2, 0.25) is 0 Å². The van der Waals surface area contributed by atoms with Crippen molar-refractivity contribution in [3.8, 4) is 11.5 Å². The molecule has 0 aliphatic carbocycles. The highest BCUT2D eigenvalue weighted by atomic mass is 32.2. The number of rotatable bonds is 9. The van der Waals surface area contributed by atoms with Crippen molar-refractivity contribution < 1.29 is 17.9 Å². The highest BCUT2D eigenvalue weighted by Crippen LogP contribution is 2.27. The Morgan fingerprint density at radius 1 is 0.818 bits per heavy atom. The number of nitrogens with one attached hydrogen (secondary N) is 1. The Hall–Kier alpha value is -3.65. The summed E-state index contributed by atoms with van der Waals surface area (Å²) in [5.74, 6) is 1.79. The van der Waals surface area contributed by atoms with Crippen LogP contribution in [0.5, 0.6) is 11.5 Å². The third-order valence-corrected chi connectivity index (χ3v) is 6.63. The van der Waals surface area contributed by atoms with Gasteiger partial charge in [-0.1, -0.05) is 30.3 Å². The van der Waals surface area contributed by atoms with Crippen LogP contribution in [0, 0.1) is 0 Å². The maximum Gasteiger partial charge on any atom is 0.263 e. The van der Waals surface area contributed by atoms with Crippen LogP contribution in [0.3, 0.4) is 0 Å². The van der Waals surface area contributed by atoms with Crippen molar-refractivity contribution >= 4 is 26.9 Å². The molecular formula is C25H25N3O4S. The molecule has 0 amide bonds. The van der Waals surface area contributed by atoms with Crippen LogP contribution in [0.1, 0.15) is 17.7 Å². The molecule has 1 aromatic heterocycles. The predicted molar refractivity (Wildman–Crippen MR) is 128 cm³/mol. The number of hydrogen-bond donors (Lipinski definition) is 1. The molecule has 0 bridgehead atoms. The molecule has 4 rings (SSSR count). The molecule has 0 aliphatic heterocycles. The summed E-state index contributed by atoms with van der Waals surface area (Å²) in [4.78, 5) is 9.46. The molecule has 0 saturated carbocycles. The summed E-state index contributed by atoms with van der Waals surface area (Å²) in [5.41, 5.74) is 2.95. The largest absolute Gasteiger partial charge is 0.497 e. The fourth-order valence-electron chi connectivity index (χ4n) is 3.60. The molecule has 0 aliphatic rings. The standard InChI is InChI=1S/C25H25N3O4S/c1-31-19-15-16-24(32-2)18(17-19)9-8-14-23-25(27-22-13-7-6-12-21(22)26-23)28-33(29,30)20-10-4-3-5-11-20/h3-7,10-13,15-17H,8-9,14H2,1-2H3,(H,27,28). The third-order valence-electron chi connectivity index (χ3n) is 5.27. The average molecular weight is 464 g/mol. The lowest BCUT2D eigenvalue weighted by Gasteiger charge is -2.13. The van der Waals surface area contributed by atoms with Crippen LogP contribution in [-0.2, 0) is 22.9 Å². The summed E-state index contributed by atoms with van der Waals surface area (Å²) < 4.78 is 39.3. The summed E-state index contributed by atoms with van der Waals surface area (Å²) in [6.07, 6.45) is 1.96. The van der Waals surface area contributed by atoms with E-state index in [1.54, 1.807) is 44.6 Å². The number of nitrogens with zero attached hydrogens (tertiary/aromatic N) is 2. The van der Waals surface area contributed by atoms with E-state index in [2.05, 4.69) is 9.71 Å². The van der Waals surface area contributed by atoms with Crippen LogP contribution in [-0.4, -0.2) is 32.6 Å². The van der Waals surface area contributed by atoms with Gasteiger partial charge in [-0.3, -0.25) is 4.72 Å². The van der Waals surface area contributed by atoms with Gasteiger partial charge in [-0.05, 0) is 67.3 Å². The van der Waals surface area contributed by atoms with Crippen molar-refractivity contribution in [1.82, 2.24) is 9.97 Å². The highest BCUT2D eigenvalue weighted by molar-refractivity contribution is 7.92. The van der Waals surface area contributed by atoms with Crippen LogP contribution in [0.4, 0.5) is 5.82 Å². The summed E-state index contributed by atoms with van der Waals surface area (Å²) in [6, 6.07) is 21.3. The van der Waals surface area contributed by atoms with Crippen molar-refractivity contribution in [1.29, 1.82) is 0 Å². The fraction of sp³-hybridized carbons (Fsp3) is 0.200. The van der Waals surface area contributed by atoms with Gasteiger partial charge in [0, 0.05) is 0 Å². The van der Waals surface area contributed by atoms with E-state index in [0.29, 0.717) is 29.6 Å². The van der Waals surface area contributed by atoms with Crippen molar-refractivity contribution in [2.45, 2.75) is 24.2 Å². The van der Waals surface area contributed by atoms with E-state index >= 15 is 0 Å². The molecule has 0 atom stereocenters. The maximum atomic E-state index is 12.9. The minimum absolute atomic E-state index is 0.173. The Balaban J connectivity index is 1.62. The van der Waals surface area contributed by atoms with Gasteiger partial charge in [-0.2, -0.15) is 0 Å². The lowest BCUT2D eigenvalue weighted by molar-refractivity contribution is 0.398. The van der Waals surface area contributed by atoms with E-state index in [0.717, 1.165) is 23.5 Å². The smallest absolute Gasteiger partial charge is 0.263 e. The molecule has 0 fully saturated rings. The number of sulfonamides is 1. The number of fused-ring (bicyclic) bond motifs is 1. The Kier molecular flexibility index (Phi) is 6.74. The quantitative estimate of drug-likeness (QED) is 0.389. The first kappa shape index (κ1) is 22.5. The molecule has 33 heavy (non-hydrogen) atoms. The number of aryl methyl sites for hydroxylation is 2. The minimum Gasteiger partial charge on any atom is -0.497 e. The molecule has 0 unspecified atom stereocenters. The molecule has 4 aromatic rings. The Bertz CT molecular complexity index is 1360. The van der Waals surface area contributed by atoms with Gasteiger partial charge in [0.25, 0.3) is 10.0 Å². The van der Waals surface area contributed by atoms with Crippen LogP contribution in [0.25, 0.3) is 11.0 Å². The zero-order valence-electron chi connectivity index (χ0n) is 18.5. The second-order valence-corrected chi connectivity index (χ2v) is 9.14. The summed E-state index contributed by atoms with van der Waals surface area (Å²) >= 11 is 0. The lowest BCUT2D eigenvalue weighted by Crippen LogP contribution is -2.16. The lowest BCUT2D eigenvalue weighted by atomic mass is 10.1. The molecule has 0 saturated heterocycles. The van der Waals surface area contributed by atoms with E-state index < -0.39 is 10.0 Å². The number of aromatic nitrogens is 2. The van der Waals surface area contributed by atoms with Crippen LogP contribution >= 0.6 is 0 Å². The van der Waals surface area contributed by atoms with Gasteiger partial charge in [0.1, 0.15) is 11.5 Å². The molecule has 1 N–H and O–H groups in total. The second-order valence-electron chi connectivity index (χ2n) is 7.46. The van der Waals surface area contributed by atoms with E-state index in [1.165, 1.54) is 0 Å². The second kappa shape index (κ2) is 9.87. The first-order chi connectivity index (χ1) is 16.0. The highest BCUT2D eigenvalue weighted by Gasteiger charge is 2.18. The third kappa shape index (κ3) is 5.23. The SMILES string of the molecule is COc1ccc(OC)c(CCCc2nc3ccccc3nc2NS(=O)(=O)c2ccccc2)c1. The zero-order chi connectivity index (χ0) is 23.3. The first-order valence-corrected chi connectivity index (χ1v) is 12.0. The number of para-hydroxylation sites is 2. The number of anilines is 1. The molecule has 3 aromatic carbocycles. The van der Waals surface area contributed by atoms with E-state index in [1.807, 2.05) is 42.5 Å². The Morgan fingerprint density at radius 3 is 2.21 bits per heavy atom. The Labute approximate surface area is 193 Å². The molecule has 0 spiro atoms. The van der Waals surface area contributed by atoms with Gasteiger partial charge in [-0.15, -0.1) is 0 Å². The molecule has 0 radical (unpaired) electrons. The van der Waals surface area contributed by atoms with E-state index in [4.69, 9.17) is 14.5 Å². The number of methoxy groups -OCH3 is 2. The average Bonchev–Trinajstić information content (AvgIpc) is 2.84. The first-order valence-electron chi connectivity index (χ1n) is 10.5. The van der Waals surface area contributed by atoms with Crippen molar-refractivity contribution in [2.75, 3.05) is 18.9 Å². The monoisotopic (exact) mass is 463 g/mol. The fourth-order valence-corrected chi connectivity index (χ4v) is 4.65. The predicted octanol–water partition coefficient (Wildman–Crippen LogP) is 4.62. The topological polar surface area (TPSA) is 90.4 Å². The van der Waals surface area contributed by atoms with Crippen LogP contribution in [0.2, 0.25) is 0 Å². The minimum atomic E-state index is -3.79. The number of ether oxygens (including phenoxy) is 2. The zero-order valence-corrected chi connectivity index (χ0v) is 19.3. The van der Waals surface area contributed by atoms with Gasteiger partial charge in [-0.25, -0.2) is 18.4 Å². The van der Waals surface area contributed by atoms with E-state index in [9.17, 15) is 8.42 Å². The molecule has 170 valence electrons. The van der Waals surface area contributed by atoms with Gasteiger partial charge in [0.05, 0.1) is 35.8 Å². The number of benzene rings is 3. The molecule has 1 heterocycles. The Morgan fingerprint density at radius 2 is 1.52 bits per heavy atom. The van der Waals surface area contributed by atoms with Crippen LogP contribution in [0.15, 0.2) is 77.7 Å². The van der Waals surface area contributed by atoms with Crippen molar-refractivity contribution in [3.63, 3.8) is 0 Å². The summed E-state index contributed by atoms with van der Waals surface area (Å²) in [7, 11) is -0.529. The summed E-state index contributed by atoms with van der Waals surface area (Å²) in [6.45, 7) is 0. The maximum absolute atomic E-state index is 12.9. The van der Waals surface area contributed by atoms with Gasteiger partial charge >= 0.3 is 0 Å². The van der Waals surface area contributed by atoms with Crippen LogP contribution < -0.4 is 14.2 Å². The molecule has 8 heteroatoms. The van der Waals surface area contributed by atoms with Gasteiger partial charge in [0.15, 0.2) is 5.82 Å². The van der Waals surface area contributed by atoms with Crippen molar-refractivity contribution in [3.05, 3.63) is 84.1 Å². The number of hydrogen-bond acceptors (Lipinski definition) is 6. The van der Waals surface area contributed by atoms with Crippen molar-refractivity contribution in [2.24, 2.45) is 0 Å². The normalized spacial score (nSPS) is 11.3. The molecule has 7 nitrogen and oxygen atoms in total. The van der Waals surface area contributed by atoms with Gasteiger partial charge < -0.3 is 9.47 Å².